The van der Waals surface area contributed by atoms with E-state index in [0.29, 0.717) is 31.0 Å². The fourth-order valence-electron chi connectivity index (χ4n) is 3.40. The molecule has 2 amide bonds. The van der Waals surface area contributed by atoms with E-state index in [1.54, 1.807) is 10.9 Å². The highest BCUT2D eigenvalue weighted by molar-refractivity contribution is 6.31. The van der Waals surface area contributed by atoms with Crippen LogP contribution < -0.4 is 5.32 Å². The zero-order valence-corrected chi connectivity index (χ0v) is 16.4. The fraction of sp³-hybridized carbons (Fsp3) is 0.450. The number of carbonyl (C=O) groups excluding carboxylic acids is 2. The van der Waals surface area contributed by atoms with E-state index in [2.05, 4.69) is 10.4 Å². The Morgan fingerprint density at radius 1 is 1.25 bits per heavy atom. The summed E-state index contributed by atoms with van der Waals surface area (Å²) in [5.74, 6) is -0.0383. The van der Waals surface area contributed by atoms with Gasteiger partial charge in [-0.05, 0) is 49.4 Å². The van der Waals surface area contributed by atoms with E-state index < -0.39 is 5.82 Å². The van der Waals surface area contributed by atoms with Gasteiger partial charge in [-0.3, -0.25) is 14.3 Å². The molecule has 1 fully saturated rings. The average molecular weight is 407 g/mol. The van der Waals surface area contributed by atoms with Crippen molar-refractivity contribution in [2.45, 2.75) is 38.6 Å². The van der Waals surface area contributed by atoms with Crippen molar-refractivity contribution in [1.29, 1.82) is 0 Å². The van der Waals surface area contributed by atoms with Crippen LogP contribution in [-0.2, 0) is 16.1 Å². The first-order valence-corrected chi connectivity index (χ1v) is 9.89. The minimum atomic E-state index is -0.509. The number of halogens is 2. The third-order valence-corrected chi connectivity index (χ3v) is 5.35. The molecule has 0 aliphatic carbocycles. The van der Waals surface area contributed by atoms with Crippen molar-refractivity contribution in [1.82, 2.24) is 14.7 Å². The molecule has 28 heavy (non-hydrogen) atoms. The van der Waals surface area contributed by atoms with Crippen LogP contribution in [0.4, 0.5) is 10.1 Å². The van der Waals surface area contributed by atoms with Crippen LogP contribution >= 0.6 is 11.6 Å². The van der Waals surface area contributed by atoms with Crippen molar-refractivity contribution in [3.05, 3.63) is 47.5 Å². The van der Waals surface area contributed by atoms with Crippen molar-refractivity contribution in [3.8, 4) is 0 Å². The standard InChI is InChI=1S/C20H24ClFN4O2/c21-17-14-16(3-4-18(17)22)24-19(27)5-2-15-6-11-25(12-7-15)20(28)8-13-26-10-1-9-23-26/h1,3-4,9-10,14-15H,2,5-8,11-13H2,(H,24,27). The Balaban J connectivity index is 1.35. The van der Waals surface area contributed by atoms with E-state index in [9.17, 15) is 14.0 Å². The highest BCUT2D eigenvalue weighted by Gasteiger charge is 2.23. The Morgan fingerprint density at radius 3 is 2.71 bits per heavy atom. The van der Waals surface area contributed by atoms with Crippen LogP contribution in [0.5, 0.6) is 0 Å². The van der Waals surface area contributed by atoms with E-state index in [0.717, 1.165) is 32.4 Å². The van der Waals surface area contributed by atoms with Crippen LogP contribution in [-0.4, -0.2) is 39.6 Å². The Kier molecular flexibility index (Phi) is 7.03. The molecule has 1 aromatic carbocycles. The number of likely N-dealkylation sites (tertiary alicyclic amines) is 1. The minimum absolute atomic E-state index is 0.0117. The normalized spacial score (nSPS) is 14.9. The largest absolute Gasteiger partial charge is 0.343 e. The number of aromatic nitrogens is 2. The topological polar surface area (TPSA) is 67.2 Å². The van der Waals surface area contributed by atoms with E-state index in [1.807, 2.05) is 17.2 Å². The van der Waals surface area contributed by atoms with E-state index in [1.165, 1.54) is 18.2 Å². The maximum Gasteiger partial charge on any atom is 0.224 e. The molecule has 2 heterocycles. The number of amides is 2. The number of nitrogens with zero attached hydrogens (tertiary/aromatic N) is 3. The SMILES string of the molecule is O=C(CCC1CCN(C(=O)CCn2cccn2)CC1)Nc1ccc(F)c(Cl)c1. The second kappa shape index (κ2) is 9.68. The van der Waals surface area contributed by atoms with Gasteiger partial charge >= 0.3 is 0 Å². The lowest BCUT2D eigenvalue weighted by atomic mass is 9.92. The minimum Gasteiger partial charge on any atom is -0.343 e. The van der Waals surface area contributed by atoms with Crippen LogP contribution in [0, 0.1) is 11.7 Å². The molecule has 0 bridgehead atoms. The second-order valence-electron chi connectivity index (χ2n) is 7.06. The summed E-state index contributed by atoms with van der Waals surface area (Å²) in [5, 5.41) is 6.84. The van der Waals surface area contributed by atoms with Crippen LogP contribution in [0.15, 0.2) is 36.7 Å². The van der Waals surface area contributed by atoms with E-state index in [4.69, 9.17) is 11.6 Å². The second-order valence-corrected chi connectivity index (χ2v) is 7.47. The smallest absolute Gasteiger partial charge is 0.224 e. The van der Waals surface area contributed by atoms with Gasteiger partial charge in [0.05, 0.1) is 5.02 Å². The number of carbonyl (C=O) groups is 2. The lowest BCUT2D eigenvalue weighted by Crippen LogP contribution is -2.39. The number of benzene rings is 1. The van der Waals surface area contributed by atoms with Gasteiger partial charge in [0.1, 0.15) is 5.82 Å². The van der Waals surface area contributed by atoms with E-state index >= 15 is 0 Å². The highest BCUT2D eigenvalue weighted by Crippen LogP contribution is 2.23. The van der Waals surface area contributed by atoms with Gasteiger partial charge in [-0.15, -0.1) is 0 Å². The number of aryl methyl sites for hydroxylation is 1. The third-order valence-electron chi connectivity index (χ3n) is 5.06. The van der Waals surface area contributed by atoms with Gasteiger partial charge in [-0.2, -0.15) is 5.10 Å². The van der Waals surface area contributed by atoms with Gasteiger partial charge in [0.25, 0.3) is 0 Å². The molecule has 0 radical (unpaired) electrons. The van der Waals surface area contributed by atoms with Crippen LogP contribution in [0.2, 0.25) is 5.02 Å². The molecular formula is C20H24ClFN4O2. The first-order valence-electron chi connectivity index (χ1n) is 9.51. The van der Waals surface area contributed by atoms with Crippen molar-refractivity contribution < 1.29 is 14.0 Å². The number of hydrogen-bond donors (Lipinski definition) is 1. The number of rotatable bonds is 7. The summed E-state index contributed by atoms with van der Waals surface area (Å²) < 4.78 is 14.9. The summed E-state index contributed by atoms with van der Waals surface area (Å²) in [7, 11) is 0. The molecular weight excluding hydrogens is 383 g/mol. The maximum atomic E-state index is 13.2. The summed E-state index contributed by atoms with van der Waals surface area (Å²) >= 11 is 5.72. The molecule has 0 unspecified atom stereocenters. The Hall–Kier alpha value is -2.41. The van der Waals surface area contributed by atoms with Gasteiger partial charge in [0.2, 0.25) is 11.8 Å². The molecule has 3 rings (SSSR count). The number of nitrogens with one attached hydrogen (secondary N) is 1. The number of anilines is 1. The van der Waals surface area contributed by atoms with Crippen molar-refractivity contribution in [2.75, 3.05) is 18.4 Å². The number of piperidine rings is 1. The predicted octanol–water partition coefficient (Wildman–Crippen LogP) is 3.72. The van der Waals surface area contributed by atoms with Gasteiger partial charge in [-0.1, -0.05) is 11.6 Å². The summed E-state index contributed by atoms with van der Waals surface area (Å²) in [6.45, 7) is 2.06. The van der Waals surface area contributed by atoms with Crippen LogP contribution in [0.1, 0.15) is 32.1 Å². The molecule has 1 saturated heterocycles. The molecule has 2 aromatic rings. The fourth-order valence-corrected chi connectivity index (χ4v) is 3.59. The van der Waals surface area contributed by atoms with Crippen molar-refractivity contribution in [3.63, 3.8) is 0 Å². The Morgan fingerprint density at radius 2 is 2.04 bits per heavy atom. The highest BCUT2D eigenvalue weighted by atomic mass is 35.5. The molecule has 8 heteroatoms. The van der Waals surface area contributed by atoms with Gasteiger partial charge in [-0.25, -0.2) is 4.39 Å². The quantitative estimate of drug-likeness (QED) is 0.761. The lowest BCUT2D eigenvalue weighted by Gasteiger charge is -2.32. The first-order chi connectivity index (χ1) is 13.5. The van der Waals surface area contributed by atoms with Crippen LogP contribution in [0.25, 0.3) is 0 Å². The first kappa shape index (κ1) is 20.3. The average Bonchev–Trinajstić information content (AvgIpc) is 3.21. The monoisotopic (exact) mass is 406 g/mol. The Labute approximate surface area is 168 Å². The third kappa shape index (κ3) is 5.79. The summed E-state index contributed by atoms with van der Waals surface area (Å²) in [4.78, 5) is 26.3. The summed E-state index contributed by atoms with van der Waals surface area (Å²) in [5.41, 5.74) is 0.494. The van der Waals surface area contributed by atoms with E-state index in [-0.39, 0.29) is 16.8 Å². The van der Waals surface area contributed by atoms with Gasteiger partial charge in [0.15, 0.2) is 0 Å². The summed E-state index contributed by atoms with van der Waals surface area (Å²) in [6, 6.07) is 5.97. The molecule has 0 spiro atoms. The molecule has 0 atom stereocenters. The zero-order valence-electron chi connectivity index (χ0n) is 15.6. The number of hydrogen-bond acceptors (Lipinski definition) is 3. The van der Waals surface area contributed by atoms with Crippen molar-refractivity contribution >= 4 is 29.1 Å². The Bertz CT molecular complexity index is 805. The summed E-state index contributed by atoms with van der Waals surface area (Å²) in [6.07, 6.45) is 6.99. The molecule has 150 valence electrons. The van der Waals surface area contributed by atoms with Crippen LogP contribution in [0.3, 0.4) is 0 Å². The molecule has 0 saturated carbocycles. The zero-order chi connectivity index (χ0) is 19.9. The molecule has 1 aliphatic heterocycles. The maximum absolute atomic E-state index is 13.2. The molecule has 6 nitrogen and oxygen atoms in total. The van der Waals surface area contributed by atoms with Gasteiger partial charge < -0.3 is 10.2 Å². The van der Waals surface area contributed by atoms with Gasteiger partial charge in [0, 0.05) is 50.6 Å². The molecule has 1 aromatic heterocycles. The van der Waals surface area contributed by atoms with Crippen molar-refractivity contribution in [2.24, 2.45) is 5.92 Å². The lowest BCUT2D eigenvalue weighted by molar-refractivity contribution is -0.133. The molecule has 1 N–H and O–H groups in total. The molecule has 1 aliphatic rings. The predicted molar refractivity (Wildman–Crippen MR) is 105 cm³/mol.